The van der Waals surface area contributed by atoms with Gasteiger partial charge in [-0.3, -0.25) is 0 Å². The molecule has 0 aromatic carbocycles. The number of rotatable bonds is 6. The van der Waals surface area contributed by atoms with E-state index >= 15 is 0 Å². The molecular weight excluding hydrogens is 159 g/mol. The molecule has 0 aliphatic heterocycles. The van der Waals surface area contributed by atoms with E-state index in [4.69, 9.17) is 4.74 Å². The summed E-state index contributed by atoms with van der Waals surface area (Å²) in [5.41, 5.74) is 3.03. The van der Waals surface area contributed by atoms with Gasteiger partial charge < -0.3 is 4.74 Å². The van der Waals surface area contributed by atoms with Gasteiger partial charge >= 0.3 is 0 Å². The first-order valence-electron chi connectivity index (χ1n) is 5.38. The van der Waals surface area contributed by atoms with Gasteiger partial charge in [-0.1, -0.05) is 39.0 Å². The Hall–Kier alpha value is -0.235. The fourth-order valence-electron chi connectivity index (χ4n) is 2.03. The van der Waals surface area contributed by atoms with Crippen LogP contribution in [-0.4, -0.2) is 20.4 Å². The number of hydrogen-bond acceptors (Lipinski definition) is 1. The van der Waals surface area contributed by atoms with Crippen LogP contribution in [0.15, 0.2) is 11.0 Å². The lowest BCUT2D eigenvalue weighted by molar-refractivity contribution is 0.225. The molecular formula is C11H23BO. The van der Waals surface area contributed by atoms with Crippen molar-refractivity contribution in [1.29, 1.82) is 0 Å². The largest absolute Gasteiger partial charge is 0.380 e. The molecule has 0 aromatic rings. The van der Waals surface area contributed by atoms with Gasteiger partial charge in [-0.2, -0.15) is 0 Å². The van der Waals surface area contributed by atoms with Crippen molar-refractivity contribution in [2.45, 2.75) is 46.8 Å². The molecule has 0 aliphatic carbocycles. The van der Waals surface area contributed by atoms with Gasteiger partial charge in [-0.15, -0.1) is 5.47 Å². The zero-order valence-corrected chi connectivity index (χ0v) is 9.81. The molecule has 0 amide bonds. The van der Waals surface area contributed by atoms with Crippen LogP contribution in [-0.2, 0) is 4.74 Å². The summed E-state index contributed by atoms with van der Waals surface area (Å²) in [4.78, 5) is 0. The lowest BCUT2D eigenvalue weighted by Crippen LogP contribution is -2.16. The average Bonchev–Trinajstić information content (AvgIpc) is 2.14. The van der Waals surface area contributed by atoms with Gasteiger partial charge in [0.15, 0.2) is 6.71 Å². The quantitative estimate of drug-likeness (QED) is 0.571. The van der Waals surface area contributed by atoms with Crippen LogP contribution in [0.3, 0.4) is 0 Å². The van der Waals surface area contributed by atoms with E-state index in [1.807, 2.05) is 0 Å². The van der Waals surface area contributed by atoms with Crippen LogP contribution < -0.4 is 0 Å². The van der Waals surface area contributed by atoms with E-state index in [2.05, 4.69) is 27.7 Å². The van der Waals surface area contributed by atoms with E-state index < -0.39 is 0 Å². The SMILES string of the molecule is CCB(CC)/C(CC)=C(\C)COC. The molecule has 13 heavy (non-hydrogen) atoms. The summed E-state index contributed by atoms with van der Waals surface area (Å²) in [5.74, 6) is 0. The highest BCUT2D eigenvalue weighted by molar-refractivity contribution is 6.66. The van der Waals surface area contributed by atoms with Gasteiger partial charge in [-0.05, 0) is 13.3 Å². The predicted octanol–water partition coefficient (Wildman–Crippen LogP) is 3.43. The molecule has 1 nitrogen and oxygen atoms in total. The molecule has 0 N–H and O–H groups in total. The first-order chi connectivity index (χ1) is 6.21. The van der Waals surface area contributed by atoms with Crippen molar-refractivity contribution in [2.75, 3.05) is 13.7 Å². The highest BCUT2D eigenvalue weighted by Gasteiger charge is 2.14. The highest BCUT2D eigenvalue weighted by Crippen LogP contribution is 2.18. The van der Waals surface area contributed by atoms with E-state index in [9.17, 15) is 0 Å². The zero-order valence-electron chi connectivity index (χ0n) is 9.81. The molecule has 0 saturated heterocycles. The van der Waals surface area contributed by atoms with Crippen LogP contribution in [0.25, 0.3) is 0 Å². The molecule has 0 heterocycles. The monoisotopic (exact) mass is 182 g/mol. The van der Waals surface area contributed by atoms with Gasteiger partial charge in [0.25, 0.3) is 0 Å². The Labute approximate surface area is 83.6 Å². The summed E-state index contributed by atoms with van der Waals surface area (Å²) in [5, 5.41) is 0. The van der Waals surface area contributed by atoms with Crippen LogP contribution in [0.5, 0.6) is 0 Å². The summed E-state index contributed by atoms with van der Waals surface area (Å²) in [6.07, 6.45) is 3.67. The number of hydrogen-bond donors (Lipinski definition) is 0. The Morgan fingerprint density at radius 3 is 2.00 bits per heavy atom. The third-order valence-electron chi connectivity index (χ3n) is 2.77. The van der Waals surface area contributed by atoms with Gasteiger partial charge in [0.2, 0.25) is 0 Å². The van der Waals surface area contributed by atoms with Crippen molar-refractivity contribution in [3.63, 3.8) is 0 Å². The molecule has 0 unspecified atom stereocenters. The second-order valence-corrected chi connectivity index (χ2v) is 3.61. The van der Waals surface area contributed by atoms with E-state index in [1.54, 1.807) is 12.6 Å². The first kappa shape index (κ1) is 12.8. The molecule has 0 aliphatic rings. The number of allylic oxidation sites excluding steroid dienone is 1. The van der Waals surface area contributed by atoms with Crippen molar-refractivity contribution in [2.24, 2.45) is 0 Å². The van der Waals surface area contributed by atoms with E-state index in [0.717, 1.165) is 13.3 Å². The fourth-order valence-corrected chi connectivity index (χ4v) is 2.03. The summed E-state index contributed by atoms with van der Waals surface area (Å²) in [6, 6.07) is 0. The van der Waals surface area contributed by atoms with E-state index in [-0.39, 0.29) is 0 Å². The molecule has 0 atom stereocenters. The Bertz CT molecular complexity index is 159. The molecule has 0 radical (unpaired) electrons. The third-order valence-corrected chi connectivity index (χ3v) is 2.77. The smallest absolute Gasteiger partial charge is 0.170 e. The molecule has 0 rings (SSSR count). The molecule has 0 bridgehead atoms. The second kappa shape index (κ2) is 7.20. The molecule has 0 fully saturated rings. The minimum absolute atomic E-state index is 0.764. The van der Waals surface area contributed by atoms with Gasteiger partial charge in [0.1, 0.15) is 0 Å². The highest BCUT2D eigenvalue weighted by atomic mass is 16.5. The summed E-state index contributed by atoms with van der Waals surface area (Å²) in [7, 11) is 1.77. The van der Waals surface area contributed by atoms with Crippen LogP contribution in [0.1, 0.15) is 34.1 Å². The average molecular weight is 182 g/mol. The number of methoxy groups -OCH3 is 1. The topological polar surface area (TPSA) is 9.23 Å². The van der Waals surface area contributed by atoms with Crippen molar-refractivity contribution in [3.05, 3.63) is 11.0 Å². The van der Waals surface area contributed by atoms with E-state index in [0.29, 0.717) is 0 Å². The Kier molecular flexibility index (Phi) is 7.07. The lowest BCUT2D eigenvalue weighted by Gasteiger charge is -2.16. The van der Waals surface area contributed by atoms with Gasteiger partial charge in [0, 0.05) is 7.11 Å². The Morgan fingerprint density at radius 2 is 1.69 bits per heavy atom. The maximum absolute atomic E-state index is 5.17. The summed E-state index contributed by atoms with van der Waals surface area (Å²) in [6.45, 7) is 10.5. The van der Waals surface area contributed by atoms with Gasteiger partial charge in [-0.25, -0.2) is 0 Å². The Morgan fingerprint density at radius 1 is 1.15 bits per heavy atom. The molecule has 0 saturated carbocycles. The van der Waals surface area contributed by atoms with Crippen molar-refractivity contribution in [1.82, 2.24) is 0 Å². The third kappa shape index (κ3) is 3.99. The molecule has 2 heteroatoms. The van der Waals surface area contributed by atoms with Crippen molar-refractivity contribution >= 4 is 6.71 Å². The van der Waals surface area contributed by atoms with Crippen LogP contribution in [0.4, 0.5) is 0 Å². The predicted molar refractivity (Wildman–Crippen MR) is 61.6 cm³/mol. The van der Waals surface area contributed by atoms with Crippen molar-refractivity contribution in [3.8, 4) is 0 Å². The standard InChI is InChI=1S/C11H23BO/c1-6-11(10(4)9-13-5)12(7-2)8-3/h6-9H2,1-5H3/b11-10+. The lowest BCUT2D eigenvalue weighted by atomic mass is 9.39. The minimum Gasteiger partial charge on any atom is -0.380 e. The normalized spacial score (nSPS) is 12.7. The molecule has 76 valence electrons. The summed E-state index contributed by atoms with van der Waals surface area (Å²) < 4.78 is 5.17. The van der Waals surface area contributed by atoms with Crippen LogP contribution in [0, 0.1) is 0 Å². The summed E-state index contributed by atoms with van der Waals surface area (Å²) >= 11 is 0. The van der Waals surface area contributed by atoms with E-state index in [1.165, 1.54) is 24.6 Å². The Balaban J connectivity index is 4.52. The second-order valence-electron chi connectivity index (χ2n) is 3.61. The van der Waals surface area contributed by atoms with Crippen molar-refractivity contribution < 1.29 is 4.74 Å². The fraction of sp³-hybridized carbons (Fsp3) is 0.818. The maximum Gasteiger partial charge on any atom is 0.170 e. The van der Waals surface area contributed by atoms with Gasteiger partial charge in [0.05, 0.1) is 6.61 Å². The van der Waals surface area contributed by atoms with Crippen LogP contribution in [0.2, 0.25) is 12.6 Å². The van der Waals surface area contributed by atoms with Crippen LogP contribution >= 0.6 is 0 Å². The first-order valence-corrected chi connectivity index (χ1v) is 5.38. The maximum atomic E-state index is 5.17. The molecule has 0 spiro atoms. The minimum atomic E-state index is 0.764. The number of ether oxygens (including phenoxy) is 1. The molecule has 0 aromatic heterocycles. The zero-order chi connectivity index (χ0) is 10.3.